The van der Waals surface area contributed by atoms with E-state index in [2.05, 4.69) is 10.00 Å². The molecule has 0 bridgehead atoms. The van der Waals surface area contributed by atoms with Crippen molar-refractivity contribution in [3.05, 3.63) is 18.5 Å². The predicted molar refractivity (Wildman–Crippen MR) is 58.3 cm³/mol. The van der Waals surface area contributed by atoms with Crippen LogP contribution in [0.1, 0.15) is 12.8 Å². The molecule has 0 radical (unpaired) electrons. The molecule has 2 N–H and O–H groups in total. The molecule has 1 aliphatic carbocycles. The highest BCUT2D eigenvalue weighted by Crippen LogP contribution is 2.42. The monoisotopic (exact) mass is 206 g/mol. The third-order valence-electron chi connectivity index (χ3n) is 3.63. The number of likely N-dealkylation sites (tertiary alicyclic amines) is 1. The lowest BCUT2D eigenvalue weighted by Gasteiger charge is -2.48. The van der Waals surface area contributed by atoms with Gasteiger partial charge < -0.3 is 5.73 Å². The Kier molecular flexibility index (Phi) is 2.07. The zero-order chi connectivity index (χ0) is 10.3. The summed E-state index contributed by atoms with van der Waals surface area (Å²) < 4.78 is 1.98. The van der Waals surface area contributed by atoms with Gasteiger partial charge in [-0.2, -0.15) is 5.10 Å². The predicted octanol–water partition coefficient (Wildman–Crippen LogP) is 0.306. The first-order chi connectivity index (χ1) is 7.26. The zero-order valence-electron chi connectivity index (χ0n) is 8.97. The number of nitrogens with two attached hydrogens (primary N) is 1. The maximum atomic E-state index is 6.28. The molecule has 0 unspecified atom stereocenters. The fraction of sp³-hybridized carbons (Fsp3) is 0.727. The van der Waals surface area contributed by atoms with Crippen LogP contribution in [-0.2, 0) is 6.54 Å². The van der Waals surface area contributed by atoms with Gasteiger partial charge in [0.2, 0.25) is 0 Å². The van der Waals surface area contributed by atoms with E-state index in [0.29, 0.717) is 0 Å². The molecule has 4 heteroatoms. The van der Waals surface area contributed by atoms with Gasteiger partial charge in [0, 0.05) is 37.6 Å². The van der Waals surface area contributed by atoms with Gasteiger partial charge in [-0.25, -0.2) is 0 Å². The van der Waals surface area contributed by atoms with Crippen LogP contribution >= 0.6 is 0 Å². The minimum atomic E-state index is 0.157. The zero-order valence-corrected chi connectivity index (χ0v) is 8.97. The van der Waals surface area contributed by atoms with Crippen LogP contribution in [0.25, 0.3) is 0 Å². The van der Waals surface area contributed by atoms with Crippen molar-refractivity contribution >= 4 is 0 Å². The molecule has 1 saturated carbocycles. The highest BCUT2D eigenvalue weighted by molar-refractivity contribution is 5.08. The van der Waals surface area contributed by atoms with Gasteiger partial charge in [-0.05, 0) is 24.8 Å². The summed E-state index contributed by atoms with van der Waals surface area (Å²) >= 11 is 0. The van der Waals surface area contributed by atoms with Gasteiger partial charge in [-0.3, -0.25) is 9.58 Å². The average Bonchev–Trinajstić information content (AvgIpc) is 2.90. The van der Waals surface area contributed by atoms with Crippen molar-refractivity contribution in [2.75, 3.05) is 19.6 Å². The quantitative estimate of drug-likeness (QED) is 0.771. The summed E-state index contributed by atoms with van der Waals surface area (Å²) in [7, 11) is 0. The Morgan fingerprint density at radius 1 is 1.33 bits per heavy atom. The third kappa shape index (κ3) is 1.79. The van der Waals surface area contributed by atoms with Crippen LogP contribution in [0.4, 0.5) is 0 Å². The van der Waals surface area contributed by atoms with E-state index in [4.69, 9.17) is 5.73 Å². The minimum absolute atomic E-state index is 0.157. The van der Waals surface area contributed by atoms with E-state index in [1.807, 2.05) is 23.1 Å². The summed E-state index contributed by atoms with van der Waals surface area (Å²) in [6.45, 7) is 4.22. The molecule has 2 aliphatic rings. The molecule has 0 spiro atoms. The molecule has 2 heterocycles. The summed E-state index contributed by atoms with van der Waals surface area (Å²) in [5.74, 6) is 0.818. The van der Waals surface area contributed by atoms with Crippen molar-refractivity contribution < 1.29 is 0 Å². The molecule has 3 rings (SSSR count). The van der Waals surface area contributed by atoms with E-state index >= 15 is 0 Å². The number of nitrogens with zero attached hydrogens (tertiary/aromatic N) is 3. The molecule has 1 aliphatic heterocycles. The second-order valence-corrected chi connectivity index (χ2v) is 4.99. The van der Waals surface area contributed by atoms with Crippen LogP contribution in [0.15, 0.2) is 18.5 Å². The van der Waals surface area contributed by atoms with Gasteiger partial charge in [0.15, 0.2) is 0 Å². The summed E-state index contributed by atoms with van der Waals surface area (Å²) in [5.41, 5.74) is 6.44. The first-order valence-electron chi connectivity index (χ1n) is 5.75. The second-order valence-electron chi connectivity index (χ2n) is 4.99. The van der Waals surface area contributed by atoms with Crippen molar-refractivity contribution in [2.45, 2.75) is 24.9 Å². The molecule has 0 aromatic carbocycles. The topological polar surface area (TPSA) is 47.1 Å². The molecule has 1 aromatic rings. The van der Waals surface area contributed by atoms with E-state index in [1.54, 1.807) is 0 Å². The van der Waals surface area contributed by atoms with Gasteiger partial charge in [0.1, 0.15) is 0 Å². The standard InChI is InChI=1S/C11H18N4/c12-11(10-2-3-10)8-14(9-11)6-7-15-5-1-4-13-15/h1,4-5,10H,2-3,6-9,12H2. The van der Waals surface area contributed by atoms with Crippen LogP contribution in [0, 0.1) is 5.92 Å². The number of hydrogen-bond donors (Lipinski definition) is 1. The lowest BCUT2D eigenvalue weighted by Crippen LogP contribution is -2.68. The Hall–Kier alpha value is -0.870. The van der Waals surface area contributed by atoms with Gasteiger partial charge in [0.05, 0.1) is 6.54 Å². The molecule has 4 nitrogen and oxygen atoms in total. The molecular formula is C11H18N4. The van der Waals surface area contributed by atoms with E-state index < -0.39 is 0 Å². The van der Waals surface area contributed by atoms with Crippen LogP contribution in [0.2, 0.25) is 0 Å². The number of aromatic nitrogens is 2. The average molecular weight is 206 g/mol. The van der Waals surface area contributed by atoms with Crippen LogP contribution in [0.5, 0.6) is 0 Å². The van der Waals surface area contributed by atoms with Crippen molar-refractivity contribution in [2.24, 2.45) is 11.7 Å². The summed E-state index contributed by atoms with van der Waals surface area (Å²) in [5, 5.41) is 4.19. The molecule has 1 aromatic heterocycles. The van der Waals surface area contributed by atoms with E-state index in [-0.39, 0.29) is 5.54 Å². The Bertz CT molecular complexity index is 322. The summed E-state index contributed by atoms with van der Waals surface area (Å²) in [6.07, 6.45) is 6.54. The van der Waals surface area contributed by atoms with Gasteiger partial charge in [-0.15, -0.1) is 0 Å². The van der Waals surface area contributed by atoms with Crippen molar-refractivity contribution in [3.8, 4) is 0 Å². The maximum Gasteiger partial charge on any atom is 0.0536 e. The molecular weight excluding hydrogens is 188 g/mol. The normalized spacial score (nSPS) is 25.1. The SMILES string of the molecule is NC1(C2CC2)CN(CCn2cccn2)C1. The molecule has 0 atom stereocenters. The van der Waals surface area contributed by atoms with Gasteiger partial charge in [-0.1, -0.05) is 0 Å². The lowest BCUT2D eigenvalue weighted by atomic mass is 9.86. The molecule has 15 heavy (non-hydrogen) atoms. The smallest absolute Gasteiger partial charge is 0.0536 e. The summed E-state index contributed by atoms with van der Waals surface area (Å²) in [6, 6.07) is 1.97. The van der Waals surface area contributed by atoms with Crippen molar-refractivity contribution in [3.63, 3.8) is 0 Å². The molecule has 1 saturated heterocycles. The highest BCUT2D eigenvalue weighted by Gasteiger charge is 2.49. The Morgan fingerprint density at radius 2 is 2.13 bits per heavy atom. The molecule has 0 amide bonds. The largest absolute Gasteiger partial charge is 0.323 e. The molecule has 82 valence electrons. The third-order valence-corrected chi connectivity index (χ3v) is 3.63. The van der Waals surface area contributed by atoms with Gasteiger partial charge in [0.25, 0.3) is 0 Å². The maximum absolute atomic E-state index is 6.28. The minimum Gasteiger partial charge on any atom is -0.323 e. The van der Waals surface area contributed by atoms with Crippen LogP contribution < -0.4 is 5.73 Å². The highest BCUT2D eigenvalue weighted by atomic mass is 15.3. The van der Waals surface area contributed by atoms with Crippen molar-refractivity contribution in [1.82, 2.24) is 14.7 Å². The fourth-order valence-electron chi connectivity index (χ4n) is 2.54. The first kappa shape index (κ1) is 9.36. The first-order valence-corrected chi connectivity index (χ1v) is 5.75. The van der Waals surface area contributed by atoms with Crippen molar-refractivity contribution in [1.29, 1.82) is 0 Å². The second kappa shape index (κ2) is 3.32. The van der Waals surface area contributed by atoms with E-state index in [9.17, 15) is 0 Å². The Morgan fingerprint density at radius 3 is 2.73 bits per heavy atom. The van der Waals surface area contributed by atoms with E-state index in [0.717, 1.165) is 32.1 Å². The van der Waals surface area contributed by atoms with E-state index in [1.165, 1.54) is 12.8 Å². The number of hydrogen-bond acceptors (Lipinski definition) is 3. The fourth-order valence-corrected chi connectivity index (χ4v) is 2.54. The Labute approximate surface area is 90.0 Å². The number of rotatable bonds is 4. The van der Waals surface area contributed by atoms with Gasteiger partial charge >= 0.3 is 0 Å². The summed E-state index contributed by atoms with van der Waals surface area (Å²) in [4.78, 5) is 2.43. The Balaban J connectivity index is 1.44. The lowest BCUT2D eigenvalue weighted by molar-refractivity contribution is 0.0510. The molecule has 2 fully saturated rings. The van der Waals surface area contributed by atoms with Crippen LogP contribution in [-0.4, -0.2) is 39.9 Å². The van der Waals surface area contributed by atoms with Crippen LogP contribution in [0.3, 0.4) is 0 Å².